The van der Waals surface area contributed by atoms with E-state index in [0.29, 0.717) is 17.4 Å². The summed E-state index contributed by atoms with van der Waals surface area (Å²) in [5.41, 5.74) is 1.87. The molecule has 0 radical (unpaired) electrons. The number of halogens is 2. The van der Waals surface area contributed by atoms with E-state index in [9.17, 15) is 0 Å². The van der Waals surface area contributed by atoms with Crippen LogP contribution in [0.25, 0.3) is 11.1 Å². The molecule has 0 saturated carbocycles. The third-order valence-electron chi connectivity index (χ3n) is 2.00. The van der Waals surface area contributed by atoms with Crippen LogP contribution >= 0.6 is 40.0 Å². The van der Waals surface area contributed by atoms with Crippen molar-refractivity contribution in [1.29, 1.82) is 0 Å². The maximum absolute atomic E-state index is 5.80. The maximum atomic E-state index is 5.80. The molecule has 0 N–H and O–H groups in total. The van der Waals surface area contributed by atoms with Crippen LogP contribution in [0, 0.1) is 0 Å². The smallest absolute Gasteiger partial charge is 0.222 e. The summed E-state index contributed by atoms with van der Waals surface area (Å²) in [5, 5.41) is 4.63. The van der Waals surface area contributed by atoms with Crippen molar-refractivity contribution in [2.24, 2.45) is 0 Å². The van der Waals surface area contributed by atoms with E-state index in [2.05, 4.69) is 32.1 Å². The first-order chi connectivity index (χ1) is 7.74. The number of aromatic nitrogens is 3. The molecule has 7 heteroatoms. The van der Waals surface area contributed by atoms with Crippen LogP contribution in [0.4, 0.5) is 0 Å². The molecule has 0 aliphatic carbocycles. The Balaban J connectivity index is 2.46. The molecule has 0 saturated heterocycles. The number of hydrogen-bond acceptors (Lipinski definition) is 3. The van der Waals surface area contributed by atoms with Gasteiger partial charge in [0.25, 0.3) is 0 Å². The van der Waals surface area contributed by atoms with Gasteiger partial charge in [0.2, 0.25) is 5.88 Å². The lowest BCUT2D eigenvalue weighted by atomic mass is 10.1. The van der Waals surface area contributed by atoms with Crippen LogP contribution in [0.3, 0.4) is 0 Å². The van der Waals surface area contributed by atoms with Crippen LogP contribution in [0.15, 0.2) is 24.5 Å². The molecular weight excluding hydrogens is 359 g/mol. The fourth-order valence-corrected chi connectivity index (χ4v) is 2.52. The first kappa shape index (κ1) is 12.1. The van der Waals surface area contributed by atoms with Gasteiger partial charge in [0.05, 0.1) is 19.7 Å². The van der Waals surface area contributed by atoms with Gasteiger partial charge in [-0.05, 0) is 34.2 Å². The van der Waals surface area contributed by atoms with Crippen LogP contribution < -0.4 is 4.74 Å². The highest BCUT2D eigenvalue weighted by atomic mass is 127. The molecule has 0 amide bonds. The fourth-order valence-electron chi connectivity index (χ4n) is 1.30. The number of nitrogens with zero attached hydrogens (tertiary/aromatic N) is 3. The normalized spacial score (nSPS) is 11.2. The number of hydrogen-bond donors (Lipinski definition) is 0. The van der Waals surface area contributed by atoms with Crippen LogP contribution in [-0.4, -0.2) is 21.6 Å². The summed E-state index contributed by atoms with van der Waals surface area (Å²) in [6.45, 7) is 0. The van der Waals surface area contributed by atoms with Gasteiger partial charge in [-0.1, -0.05) is 11.6 Å². The van der Waals surface area contributed by atoms with Gasteiger partial charge >= 0.3 is 0 Å². The Morgan fingerprint density at radius 2 is 2.31 bits per heavy atom. The maximum Gasteiger partial charge on any atom is 0.222 e. The van der Waals surface area contributed by atoms with Crippen molar-refractivity contribution in [2.75, 3.05) is 7.11 Å². The Labute approximate surface area is 113 Å². The molecule has 84 valence electrons. The molecule has 0 bridgehead atoms. The summed E-state index contributed by atoms with van der Waals surface area (Å²) in [6.07, 6.45) is 4.33. The molecule has 0 aliphatic rings. The van der Waals surface area contributed by atoms with Gasteiger partial charge in [0.15, 0.2) is 0 Å². The van der Waals surface area contributed by atoms with Crippen molar-refractivity contribution in [3.8, 4) is 17.0 Å². The Hall–Kier alpha value is -0.390. The lowest BCUT2D eigenvalue weighted by molar-refractivity contribution is 0.400. The number of methoxy groups -OCH3 is 1. The predicted octanol–water partition coefficient (Wildman–Crippen LogP) is 3.40. The first-order valence-electron chi connectivity index (χ1n) is 4.37. The van der Waals surface area contributed by atoms with E-state index in [-0.39, 0.29) is 0 Å². The molecule has 2 aromatic heterocycles. The summed E-state index contributed by atoms with van der Waals surface area (Å²) in [4.78, 5) is 4.11. The van der Waals surface area contributed by atoms with Gasteiger partial charge in [-0.3, -0.25) is 0 Å². The van der Waals surface area contributed by atoms with Crippen LogP contribution in [0.1, 0.15) is 0 Å². The van der Waals surface area contributed by atoms with Crippen LogP contribution in [-0.2, 0) is 0 Å². The van der Waals surface area contributed by atoms with E-state index in [1.165, 1.54) is 0 Å². The summed E-state index contributed by atoms with van der Waals surface area (Å²) in [7, 11) is 1.58. The zero-order valence-corrected chi connectivity index (χ0v) is 12.2. The summed E-state index contributed by atoms with van der Waals surface area (Å²) < 4.78 is 7.06. The average molecular weight is 368 g/mol. The van der Waals surface area contributed by atoms with Crippen molar-refractivity contribution in [1.82, 2.24) is 14.5 Å². The molecular formula is C9H8ClIN3OP. The van der Waals surface area contributed by atoms with Gasteiger partial charge in [0.1, 0.15) is 5.15 Å². The monoisotopic (exact) mass is 367 g/mol. The zero-order valence-electron chi connectivity index (χ0n) is 8.32. The molecule has 16 heavy (non-hydrogen) atoms. The minimum Gasteiger partial charge on any atom is -0.481 e. The molecule has 0 aliphatic heterocycles. The summed E-state index contributed by atoms with van der Waals surface area (Å²) in [6, 6.07) is 3.62. The summed E-state index contributed by atoms with van der Waals surface area (Å²) in [5.74, 6) is 0.517. The number of ether oxygens (including phenoxy) is 1. The second-order valence-corrected chi connectivity index (χ2v) is 5.41. The SMILES string of the molecule is COc1nc(Cl)ccc1-c1cnn(PI)c1. The first-order valence-corrected chi connectivity index (χ1v) is 8.80. The highest BCUT2D eigenvalue weighted by Crippen LogP contribution is 2.31. The second kappa shape index (κ2) is 5.29. The van der Waals surface area contributed by atoms with E-state index < -0.39 is 0 Å². The molecule has 0 aromatic carbocycles. The fraction of sp³-hybridized carbons (Fsp3) is 0.111. The van der Waals surface area contributed by atoms with Crippen LogP contribution in [0.5, 0.6) is 5.88 Å². The number of pyridine rings is 1. The molecule has 1 unspecified atom stereocenters. The van der Waals surface area contributed by atoms with Gasteiger partial charge < -0.3 is 4.74 Å². The van der Waals surface area contributed by atoms with Crippen molar-refractivity contribution >= 4 is 40.0 Å². The summed E-state index contributed by atoms with van der Waals surface area (Å²) >= 11 is 8.07. The second-order valence-electron chi connectivity index (χ2n) is 2.95. The molecule has 1 atom stereocenters. The van der Waals surface area contributed by atoms with Gasteiger partial charge in [-0.25, -0.2) is 9.44 Å². The molecule has 0 spiro atoms. The lowest BCUT2D eigenvalue weighted by Gasteiger charge is -2.05. The molecule has 2 aromatic rings. The molecule has 0 fully saturated rings. The highest BCUT2D eigenvalue weighted by Gasteiger charge is 2.09. The van der Waals surface area contributed by atoms with Gasteiger partial charge in [-0.15, -0.1) is 0 Å². The average Bonchev–Trinajstić information content (AvgIpc) is 2.77. The molecule has 2 heterocycles. The van der Waals surface area contributed by atoms with Crippen LogP contribution in [0.2, 0.25) is 5.15 Å². The van der Waals surface area contributed by atoms with E-state index in [1.807, 2.05) is 16.7 Å². The highest BCUT2D eigenvalue weighted by molar-refractivity contribution is 14.2. The van der Waals surface area contributed by atoms with E-state index >= 15 is 0 Å². The lowest BCUT2D eigenvalue weighted by Crippen LogP contribution is -1.91. The van der Waals surface area contributed by atoms with Gasteiger partial charge in [-0.2, -0.15) is 5.10 Å². The van der Waals surface area contributed by atoms with E-state index in [1.54, 1.807) is 19.4 Å². The minimum atomic E-state index is 0.420. The third kappa shape index (κ3) is 2.47. The van der Waals surface area contributed by atoms with Gasteiger partial charge in [0, 0.05) is 17.3 Å². The van der Waals surface area contributed by atoms with Crippen molar-refractivity contribution < 1.29 is 4.74 Å². The predicted molar refractivity (Wildman–Crippen MR) is 74.8 cm³/mol. The Bertz CT molecular complexity index is 505. The third-order valence-corrected chi connectivity index (χ3v) is 4.11. The van der Waals surface area contributed by atoms with E-state index in [4.69, 9.17) is 16.3 Å². The topological polar surface area (TPSA) is 39.9 Å². The minimum absolute atomic E-state index is 0.420. The quantitative estimate of drug-likeness (QED) is 0.474. The molecule has 4 nitrogen and oxygen atoms in total. The Kier molecular flexibility index (Phi) is 4.00. The largest absolute Gasteiger partial charge is 0.481 e. The number of rotatable bonds is 3. The van der Waals surface area contributed by atoms with Crippen molar-refractivity contribution in [3.05, 3.63) is 29.7 Å². The zero-order chi connectivity index (χ0) is 11.5. The molecule has 2 rings (SSSR count). The Morgan fingerprint density at radius 3 is 2.94 bits per heavy atom. The standard InChI is InChI=1S/C9H8ClIN3OP/c1-15-9-7(2-3-8(10)13-9)6-4-12-14(5-6)16-11/h2-5,16H,1H3. The van der Waals surface area contributed by atoms with Crippen molar-refractivity contribution in [3.63, 3.8) is 0 Å². The van der Waals surface area contributed by atoms with Crippen molar-refractivity contribution in [2.45, 2.75) is 0 Å². The van der Waals surface area contributed by atoms with E-state index in [0.717, 1.165) is 11.1 Å². The Morgan fingerprint density at radius 1 is 1.50 bits per heavy atom.